The topological polar surface area (TPSA) is 51.8 Å². The molecule has 0 bridgehead atoms. The third-order valence-electron chi connectivity index (χ3n) is 1.47. The molecule has 0 unspecified atom stereocenters. The van der Waals surface area contributed by atoms with Crippen LogP contribution >= 0.6 is 27.3 Å². The lowest BCUT2D eigenvalue weighted by molar-refractivity contribution is 1.28. The number of nitrogen functional groups attached to an aromatic ring is 1. The summed E-state index contributed by atoms with van der Waals surface area (Å²) >= 11 is 4.75. The smallest absolute Gasteiger partial charge is 0.143 e. The maximum absolute atomic E-state index is 5.56. The van der Waals surface area contributed by atoms with E-state index in [1.807, 2.05) is 12.1 Å². The summed E-state index contributed by atoms with van der Waals surface area (Å²) in [6.07, 6.45) is 3.39. The first-order valence-corrected chi connectivity index (χ1v) is 5.20. The van der Waals surface area contributed by atoms with Crippen LogP contribution in [0.1, 0.15) is 0 Å². The van der Waals surface area contributed by atoms with Crippen molar-refractivity contribution in [2.75, 3.05) is 5.73 Å². The van der Waals surface area contributed by atoms with Gasteiger partial charge in [-0.1, -0.05) is 11.3 Å². The Kier molecular flexibility index (Phi) is 2.28. The molecular weight excluding hydrogens is 250 g/mol. The number of anilines is 1. The quantitative estimate of drug-likeness (QED) is 0.853. The molecular formula is C8H6BrN3S. The van der Waals surface area contributed by atoms with E-state index in [-0.39, 0.29) is 0 Å². The molecule has 0 aliphatic heterocycles. The zero-order chi connectivity index (χ0) is 9.26. The van der Waals surface area contributed by atoms with Gasteiger partial charge in [0.05, 0.1) is 11.9 Å². The molecule has 0 aliphatic carbocycles. The molecule has 0 spiro atoms. The van der Waals surface area contributed by atoms with Crippen LogP contribution in [0.15, 0.2) is 29.0 Å². The minimum atomic E-state index is 0.708. The molecule has 0 aliphatic rings. The standard InChI is InChI=1S/C8H6BrN3S/c9-5-1-2-6(11-3-5)8-12-4-7(10)13-8/h1-4H,10H2. The van der Waals surface area contributed by atoms with Gasteiger partial charge >= 0.3 is 0 Å². The van der Waals surface area contributed by atoms with E-state index >= 15 is 0 Å². The average molecular weight is 256 g/mol. The van der Waals surface area contributed by atoms with Crippen molar-refractivity contribution in [3.8, 4) is 10.7 Å². The fourth-order valence-corrected chi connectivity index (χ4v) is 1.80. The molecule has 0 amide bonds. The number of pyridine rings is 1. The minimum absolute atomic E-state index is 0.708. The molecule has 0 fully saturated rings. The average Bonchev–Trinajstić information content (AvgIpc) is 2.53. The number of aromatic nitrogens is 2. The van der Waals surface area contributed by atoms with E-state index in [1.54, 1.807) is 12.4 Å². The first-order valence-electron chi connectivity index (χ1n) is 3.59. The number of nitrogens with zero attached hydrogens (tertiary/aromatic N) is 2. The van der Waals surface area contributed by atoms with Crippen LogP contribution in [0, 0.1) is 0 Å². The maximum atomic E-state index is 5.56. The predicted octanol–water partition coefficient (Wildman–Crippen LogP) is 2.55. The Morgan fingerprint density at radius 3 is 2.62 bits per heavy atom. The number of thiazole rings is 1. The van der Waals surface area contributed by atoms with Crippen LogP contribution in [0.3, 0.4) is 0 Å². The van der Waals surface area contributed by atoms with Gasteiger partial charge in [0.2, 0.25) is 0 Å². The van der Waals surface area contributed by atoms with Gasteiger partial charge in [0.25, 0.3) is 0 Å². The third-order valence-corrected chi connectivity index (χ3v) is 2.79. The highest BCUT2D eigenvalue weighted by molar-refractivity contribution is 9.10. The highest BCUT2D eigenvalue weighted by atomic mass is 79.9. The molecule has 0 saturated heterocycles. The second-order valence-corrected chi connectivity index (χ2v) is 4.41. The Balaban J connectivity index is 2.41. The molecule has 13 heavy (non-hydrogen) atoms. The van der Waals surface area contributed by atoms with Crippen molar-refractivity contribution in [3.63, 3.8) is 0 Å². The Hall–Kier alpha value is -0.940. The zero-order valence-corrected chi connectivity index (χ0v) is 8.97. The minimum Gasteiger partial charge on any atom is -0.389 e. The first-order chi connectivity index (χ1) is 6.25. The van der Waals surface area contributed by atoms with Gasteiger partial charge in [-0.25, -0.2) is 4.98 Å². The van der Waals surface area contributed by atoms with Gasteiger partial charge in [-0.05, 0) is 28.1 Å². The van der Waals surface area contributed by atoms with Crippen molar-refractivity contribution in [3.05, 3.63) is 29.0 Å². The van der Waals surface area contributed by atoms with Crippen molar-refractivity contribution >= 4 is 32.3 Å². The summed E-state index contributed by atoms with van der Waals surface area (Å²) in [5, 5.41) is 1.56. The third kappa shape index (κ3) is 1.87. The fraction of sp³-hybridized carbons (Fsp3) is 0. The van der Waals surface area contributed by atoms with Crippen molar-refractivity contribution in [1.29, 1.82) is 0 Å². The molecule has 0 atom stereocenters. The summed E-state index contributed by atoms with van der Waals surface area (Å²) < 4.78 is 0.959. The van der Waals surface area contributed by atoms with E-state index in [4.69, 9.17) is 5.73 Å². The normalized spacial score (nSPS) is 10.2. The largest absolute Gasteiger partial charge is 0.389 e. The van der Waals surface area contributed by atoms with Crippen LogP contribution in [0.25, 0.3) is 10.7 Å². The molecule has 0 radical (unpaired) electrons. The molecule has 2 heterocycles. The van der Waals surface area contributed by atoms with Gasteiger partial charge in [0.1, 0.15) is 10.0 Å². The van der Waals surface area contributed by atoms with Crippen LogP contribution in [-0.4, -0.2) is 9.97 Å². The summed E-state index contributed by atoms with van der Waals surface area (Å²) in [6, 6.07) is 3.84. The van der Waals surface area contributed by atoms with Crippen molar-refractivity contribution < 1.29 is 0 Å². The van der Waals surface area contributed by atoms with Gasteiger partial charge in [-0.2, -0.15) is 0 Å². The van der Waals surface area contributed by atoms with E-state index in [0.717, 1.165) is 15.2 Å². The molecule has 5 heteroatoms. The number of rotatable bonds is 1. The van der Waals surface area contributed by atoms with Gasteiger partial charge in [0, 0.05) is 10.7 Å². The van der Waals surface area contributed by atoms with Crippen LogP contribution in [0.4, 0.5) is 5.00 Å². The van der Waals surface area contributed by atoms with Crippen molar-refractivity contribution in [2.45, 2.75) is 0 Å². The van der Waals surface area contributed by atoms with Gasteiger partial charge in [-0.3, -0.25) is 4.98 Å². The van der Waals surface area contributed by atoms with Crippen molar-refractivity contribution in [1.82, 2.24) is 9.97 Å². The summed E-state index contributed by atoms with van der Waals surface area (Å²) in [5.41, 5.74) is 6.42. The highest BCUT2D eigenvalue weighted by Gasteiger charge is 2.03. The Labute approximate surface area is 87.8 Å². The molecule has 66 valence electrons. The van der Waals surface area contributed by atoms with Crippen LogP contribution < -0.4 is 5.73 Å². The van der Waals surface area contributed by atoms with E-state index in [2.05, 4.69) is 25.9 Å². The maximum Gasteiger partial charge on any atom is 0.143 e. The van der Waals surface area contributed by atoms with E-state index in [9.17, 15) is 0 Å². The molecule has 0 aromatic carbocycles. The van der Waals surface area contributed by atoms with Gasteiger partial charge in [0.15, 0.2) is 0 Å². The van der Waals surface area contributed by atoms with Gasteiger partial charge in [-0.15, -0.1) is 0 Å². The predicted molar refractivity (Wildman–Crippen MR) is 57.5 cm³/mol. The van der Waals surface area contributed by atoms with Crippen LogP contribution in [0.2, 0.25) is 0 Å². The Morgan fingerprint density at radius 2 is 2.08 bits per heavy atom. The zero-order valence-electron chi connectivity index (χ0n) is 6.57. The molecule has 3 nitrogen and oxygen atoms in total. The number of nitrogens with two attached hydrogens (primary N) is 1. The Morgan fingerprint density at radius 1 is 1.23 bits per heavy atom. The molecule has 2 N–H and O–H groups in total. The number of hydrogen-bond donors (Lipinski definition) is 1. The first kappa shape index (κ1) is 8.65. The lowest BCUT2D eigenvalue weighted by Crippen LogP contribution is -1.80. The number of halogens is 1. The summed E-state index contributed by atoms with van der Waals surface area (Å²) in [7, 11) is 0. The Bertz CT molecular complexity index is 410. The van der Waals surface area contributed by atoms with Crippen LogP contribution in [0.5, 0.6) is 0 Å². The van der Waals surface area contributed by atoms with E-state index < -0.39 is 0 Å². The van der Waals surface area contributed by atoms with E-state index in [1.165, 1.54) is 11.3 Å². The fourth-order valence-electron chi connectivity index (χ4n) is 0.907. The second-order valence-electron chi connectivity index (χ2n) is 2.43. The lowest BCUT2D eigenvalue weighted by atomic mass is 10.4. The van der Waals surface area contributed by atoms with Gasteiger partial charge < -0.3 is 5.73 Å². The molecule has 2 aromatic heterocycles. The second kappa shape index (κ2) is 3.43. The summed E-state index contributed by atoms with van der Waals surface area (Å²) in [4.78, 5) is 8.34. The molecule has 2 rings (SSSR count). The van der Waals surface area contributed by atoms with Crippen LogP contribution in [-0.2, 0) is 0 Å². The van der Waals surface area contributed by atoms with E-state index in [0.29, 0.717) is 5.00 Å². The summed E-state index contributed by atoms with van der Waals surface area (Å²) in [6.45, 7) is 0. The SMILES string of the molecule is Nc1cnc(-c2ccc(Br)cn2)s1. The lowest BCUT2D eigenvalue weighted by Gasteiger charge is -1.93. The summed E-state index contributed by atoms with van der Waals surface area (Å²) in [5.74, 6) is 0. The number of hydrogen-bond acceptors (Lipinski definition) is 4. The highest BCUT2D eigenvalue weighted by Crippen LogP contribution is 2.25. The monoisotopic (exact) mass is 255 g/mol. The van der Waals surface area contributed by atoms with Crippen molar-refractivity contribution in [2.24, 2.45) is 0 Å². The molecule has 0 saturated carbocycles. The molecule has 2 aromatic rings.